The van der Waals surface area contributed by atoms with Crippen molar-refractivity contribution in [2.45, 2.75) is 6.61 Å². The molecule has 26 heavy (non-hydrogen) atoms. The molecule has 0 aliphatic heterocycles. The van der Waals surface area contributed by atoms with Gasteiger partial charge in [-0.1, -0.05) is 41.6 Å². The molecule has 0 aliphatic carbocycles. The molecule has 0 aliphatic rings. The summed E-state index contributed by atoms with van der Waals surface area (Å²) in [6.45, 7) is 0.262. The van der Waals surface area contributed by atoms with Gasteiger partial charge >= 0.3 is 5.97 Å². The van der Waals surface area contributed by atoms with Gasteiger partial charge in [0.05, 0.1) is 10.5 Å². The molecule has 2 aromatic carbocycles. The van der Waals surface area contributed by atoms with Gasteiger partial charge in [-0.05, 0) is 61.2 Å². The van der Waals surface area contributed by atoms with Crippen molar-refractivity contribution in [1.82, 2.24) is 0 Å². The minimum Gasteiger partial charge on any atom is -0.489 e. The average Bonchev–Trinajstić information content (AvgIpc) is 2.64. The fourth-order valence-electron chi connectivity index (χ4n) is 2.24. The van der Waals surface area contributed by atoms with Crippen LogP contribution < -0.4 is 4.74 Å². The second-order valence-electron chi connectivity index (χ2n) is 5.07. The lowest BCUT2D eigenvalue weighted by Crippen LogP contribution is -2.19. The van der Waals surface area contributed by atoms with E-state index in [-0.39, 0.29) is 12.3 Å². The molecule has 136 valence electrons. The van der Waals surface area contributed by atoms with E-state index >= 15 is 0 Å². The molecule has 0 N–H and O–H groups in total. The number of benzene rings is 2. The van der Waals surface area contributed by atoms with Crippen LogP contribution in [-0.2, 0) is 21.0 Å². The highest BCUT2D eigenvalue weighted by atomic mass is 79.9. The Labute approximate surface area is 168 Å². The molecule has 0 saturated carbocycles. The maximum absolute atomic E-state index is 12.0. The summed E-state index contributed by atoms with van der Waals surface area (Å²) in [6, 6.07) is 15.0. The molecule has 0 aromatic heterocycles. The highest BCUT2D eigenvalue weighted by Crippen LogP contribution is 2.22. The number of hydrogen-bond acceptors (Lipinski definition) is 5. The largest absolute Gasteiger partial charge is 0.489 e. The topological polar surface area (TPSA) is 57.1 Å². The summed E-state index contributed by atoms with van der Waals surface area (Å²) >= 11 is 6.68. The summed E-state index contributed by atoms with van der Waals surface area (Å²) in [5.74, 6) is 0.131. The molecule has 2 aromatic rings. The van der Waals surface area contributed by atoms with E-state index in [0.29, 0.717) is 11.3 Å². The molecule has 0 heterocycles. The number of esters is 1. The Morgan fingerprint density at radius 3 is 2.58 bits per heavy atom. The van der Waals surface area contributed by atoms with Crippen LogP contribution in [0.2, 0.25) is 0 Å². The van der Waals surface area contributed by atoms with Crippen molar-refractivity contribution in [3.63, 3.8) is 0 Å². The van der Waals surface area contributed by atoms with Crippen LogP contribution in [0.4, 0.5) is 0 Å². The number of oxime groups is 1. The molecule has 2 rings (SSSR count). The Morgan fingerprint density at radius 1 is 1.12 bits per heavy atom. The molecule has 5 nitrogen and oxygen atoms in total. The minimum atomic E-state index is -0.575. The number of ether oxygens (including phenoxy) is 2. The normalized spacial score (nSPS) is 10.8. The Kier molecular flexibility index (Phi) is 7.87. The number of carbonyl (C=O) groups is 1. The first-order valence-electron chi connectivity index (χ1n) is 7.58. The van der Waals surface area contributed by atoms with Crippen LogP contribution in [0.3, 0.4) is 0 Å². The number of nitrogens with zero attached hydrogens (tertiary/aromatic N) is 1. The molecule has 0 radical (unpaired) electrons. The molecule has 0 unspecified atom stereocenters. The van der Waals surface area contributed by atoms with Crippen LogP contribution in [0, 0.1) is 0 Å². The fraction of sp³-hybridized carbons (Fsp3) is 0.158. The Bertz CT molecular complexity index is 830. The van der Waals surface area contributed by atoms with Crippen LogP contribution in [-0.4, -0.2) is 25.9 Å². The van der Waals surface area contributed by atoms with Gasteiger partial charge in [0, 0.05) is 5.56 Å². The zero-order chi connectivity index (χ0) is 18.9. The summed E-state index contributed by atoms with van der Waals surface area (Å²) in [7, 11) is 2.68. The maximum Gasteiger partial charge on any atom is 0.360 e. The summed E-state index contributed by atoms with van der Waals surface area (Å²) < 4.78 is 11.5. The van der Waals surface area contributed by atoms with E-state index in [1.165, 1.54) is 14.2 Å². The van der Waals surface area contributed by atoms with Crippen molar-refractivity contribution in [3.05, 3.63) is 68.6 Å². The maximum atomic E-state index is 12.0. The molecular weight excluding hydrogens is 466 g/mol. The SMILES string of the molecule is CON=C(C(=O)OC)c1ccccc1COc1cccc(C=C(Br)Br)c1. The van der Waals surface area contributed by atoms with Crippen LogP contribution in [0.15, 0.2) is 57.1 Å². The molecule has 0 saturated heterocycles. The van der Waals surface area contributed by atoms with Gasteiger partial charge in [0.25, 0.3) is 0 Å². The van der Waals surface area contributed by atoms with Gasteiger partial charge in [-0.15, -0.1) is 0 Å². The predicted octanol–water partition coefficient (Wildman–Crippen LogP) is 4.88. The van der Waals surface area contributed by atoms with E-state index in [4.69, 9.17) is 14.3 Å². The lowest BCUT2D eigenvalue weighted by atomic mass is 10.0. The molecule has 0 atom stereocenters. The Morgan fingerprint density at radius 2 is 1.88 bits per heavy atom. The van der Waals surface area contributed by atoms with E-state index in [9.17, 15) is 4.79 Å². The summed E-state index contributed by atoms with van der Waals surface area (Å²) in [5, 5.41) is 3.80. The van der Waals surface area contributed by atoms with E-state index in [1.54, 1.807) is 6.07 Å². The van der Waals surface area contributed by atoms with Crippen molar-refractivity contribution in [2.75, 3.05) is 14.2 Å². The molecule has 0 bridgehead atoms. The lowest BCUT2D eigenvalue weighted by Gasteiger charge is -2.12. The first-order chi connectivity index (χ1) is 12.5. The monoisotopic (exact) mass is 481 g/mol. The summed E-state index contributed by atoms with van der Waals surface area (Å²) in [5.41, 5.74) is 2.46. The Balaban J connectivity index is 2.25. The van der Waals surface area contributed by atoms with Crippen molar-refractivity contribution in [1.29, 1.82) is 0 Å². The quantitative estimate of drug-likeness (QED) is 0.320. The third-order valence-corrected chi connectivity index (χ3v) is 3.82. The number of hydrogen-bond donors (Lipinski definition) is 0. The van der Waals surface area contributed by atoms with E-state index in [2.05, 4.69) is 37.0 Å². The Hall–Kier alpha value is -2.12. The zero-order valence-electron chi connectivity index (χ0n) is 14.2. The van der Waals surface area contributed by atoms with Crippen molar-refractivity contribution < 1.29 is 19.1 Å². The summed E-state index contributed by atoms with van der Waals surface area (Å²) in [6.07, 6.45) is 1.92. The van der Waals surface area contributed by atoms with Gasteiger partial charge in [0.2, 0.25) is 0 Å². The predicted molar refractivity (Wildman–Crippen MR) is 109 cm³/mol. The van der Waals surface area contributed by atoms with Crippen molar-refractivity contribution >= 4 is 49.6 Å². The third kappa shape index (κ3) is 5.71. The number of methoxy groups -OCH3 is 1. The molecule has 0 amide bonds. The smallest absolute Gasteiger partial charge is 0.360 e. The number of halogens is 2. The first kappa shape index (κ1) is 20.2. The second-order valence-corrected chi connectivity index (χ2v) is 7.84. The van der Waals surface area contributed by atoms with Gasteiger partial charge in [-0.2, -0.15) is 0 Å². The molecule has 7 heteroatoms. The number of carbonyl (C=O) groups excluding carboxylic acids is 1. The second kappa shape index (κ2) is 10.1. The van der Waals surface area contributed by atoms with E-state index in [0.717, 1.165) is 14.5 Å². The minimum absolute atomic E-state index is 0.0918. The summed E-state index contributed by atoms with van der Waals surface area (Å²) in [4.78, 5) is 16.8. The van der Waals surface area contributed by atoms with Gasteiger partial charge < -0.3 is 14.3 Å². The standard InChI is InChI=1S/C19H17Br2NO4/c1-24-19(23)18(22-25-2)16-9-4-3-7-14(16)12-26-15-8-5-6-13(10-15)11-17(20)21/h3-11H,12H2,1-2H3. The average molecular weight is 483 g/mol. The lowest BCUT2D eigenvalue weighted by molar-refractivity contribution is -0.132. The van der Waals surface area contributed by atoms with Crippen molar-refractivity contribution in [2.24, 2.45) is 5.16 Å². The van der Waals surface area contributed by atoms with E-state index < -0.39 is 5.97 Å². The third-order valence-electron chi connectivity index (χ3n) is 3.36. The van der Waals surface area contributed by atoms with Gasteiger partial charge in [0.1, 0.15) is 19.5 Å². The van der Waals surface area contributed by atoms with Gasteiger partial charge in [0.15, 0.2) is 5.71 Å². The van der Waals surface area contributed by atoms with E-state index in [1.807, 2.05) is 48.5 Å². The first-order valence-corrected chi connectivity index (χ1v) is 9.17. The van der Waals surface area contributed by atoms with Gasteiger partial charge in [-0.25, -0.2) is 4.79 Å². The molecule has 0 fully saturated rings. The van der Waals surface area contributed by atoms with Crippen molar-refractivity contribution in [3.8, 4) is 5.75 Å². The van der Waals surface area contributed by atoms with Crippen LogP contribution >= 0.6 is 31.9 Å². The molecule has 0 spiro atoms. The fourth-order valence-corrected chi connectivity index (χ4v) is 2.77. The number of rotatable bonds is 7. The van der Waals surface area contributed by atoms with Gasteiger partial charge in [-0.3, -0.25) is 0 Å². The van der Waals surface area contributed by atoms with Crippen LogP contribution in [0.1, 0.15) is 16.7 Å². The highest BCUT2D eigenvalue weighted by Gasteiger charge is 2.19. The van der Waals surface area contributed by atoms with Crippen LogP contribution in [0.5, 0.6) is 5.75 Å². The molecular formula is C19H17Br2NO4. The van der Waals surface area contributed by atoms with Crippen LogP contribution in [0.25, 0.3) is 6.08 Å². The highest BCUT2D eigenvalue weighted by molar-refractivity contribution is 9.28. The zero-order valence-corrected chi connectivity index (χ0v) is 17.4.